The van der Waals surface area contributed by atoms with E-state index in [9.17, 15) is 9.18 Å². The third-order valence-electron chi connectivity index (χ3n) is 3.43. The summed E-state index contributed by atoms with van der Waals surface area (Å²) in [6.45, 7) is 1.73. The summed E-state index contributed by atoms with van der Waals surface area (Å²) in [5, 5.41) is 9.80. The first-order valence-corrected chi connectivity index (χ1v) is 9.59. The van der Waals surface area contributed by atoms with Crippen LogP contribution in [0.5, 0.6) is 0 Å². The van der Waals surface area contributed by atoms with Crippen LogP contribution in [0.25, 0.3) is 11.4 Å². The van der Waals surface area contributed by atoms with Gasteiger partial charge in [-0.3, -0.25) is 9.89 Å². The summed E-state index contributed by atoms with van der Waals surface area (Å²) in [4.78, 5) is 16.7. The number of aromatic nitrogens is 3. The number of rotatable bonds is 5. The van der Waals surface area contributed by atoms with Crippen molar-refractivity contribution < 1.29 is 9.18 Å². The summed E-state index contributed by atoms with van der Waals surface area (Å²) in [5.74, 6) is -0.138. The Morgan fingerprint density at radius 3 is 2.85 bits per heavy atom. The van der Waals surface area contributed by atoms with Gasteiger partial charge in [-0.2, -0.15) is 0 Å². The fourth-order valence-corrected chi connectivity index (χ4v) is 3.52. The van der Waals surface area contributed by atoms with Crippen LogP contribution in [-0.4, -0.2) is 26.3 Å². The first kappa shape index (κ1) is 18.9. The zero-order valence-corrected chi connectivity index (χ0v) is 16.6. The molecule has 3 rings (SSSR count). The second-order valence-electron chi connectivity index (χ2n) is 5.32. The van der Waals surface area contributed by atoms with E-state index in [-0.39, 0.29) is 10.9 Å². The fraction of sp³-hybridized carbons (Fsp3) is 0.118. The van der Waals surface area contributed by atoms with Crippen molar-refractivity contribution in [3.8, 4) is 11.4 Å². The molecule has 9 heteroatoms. The molecule has 0 saturated heterocycles. The van der Waals surface area contributed by atoms with Crippen molar-refractivity contribution in [1.82, 2.24) is 15.2 Å². The van der Waals surface area contributed by atoms with Crippen LogP contribution >= 0.6 is 39.3 Å². The van der Waals surface area contributed by atoms with Crippen molar-refractivity contribution in [2.24, 2.45) is 0 Å². The Hall–Kier alpha value is -1.90. The van der Waals surface area contributed by atoms with E-state index in [1.807, 2.05) is 24.3 Å². The highest BCUT2D eigenvalue weighted by molar-refractivity contribution is 9.10. The Labute approximate surface area is 166 Å². The number of nitrogens with zero attached hydrogens (tertiary/aromatic N) is 2. The van der Waals surface area contributed by atoms with Gasteiger partial charge in [-0.15, -0.1) is 5.10 Å². The van der Waals surface area contributed by atoms with Crippen molar-refractivity contribution in [1.29, 1.82) is 0 Å². The van der Waals surface area contributed by atoms with Gasteiger partial charge in [0.2, 0.25) is 11.1 Å². The molecule has 0 aliphatic carbocycles. The van der Waals surface area contributed by atoms with Gasteiger partial charge >= 0.3 is 0 Å². The minimum absolute atomic E-state index is 0.143. The molecule has 0 unspecified atom stereocenters. The predicted octanol–water partition coefficient (Wildman–Crippen LogP) is 5.15. The molecule has 3 aromatic rings. The first-order valence-electron chi connectivity index (χ1n) is 7.54. The molecule has 0 fully saturated rings. The van der Waals surface area contributed by atoms with E-state index in [2.05, 4.69) is 36.4 Å². The Bertz CT molecular complexity index is 952. The third kappa shape index (κ3) is 4.44. The molecule has 2 aromatic carbocycles. The van der Waals surface area contributed by atoms with Crippen LogP contribution in [0.1, 0.15) is 6.92 Å². The van der Waals surface area contributed by atoms with E-state index in [0.29, 0.717) is 16.7 Å². The van der Waals surface area contributed by atoms with E-state index in [1.54, 1.807) is 6.92 Å². The van der Waals surface area contributed by atoms with Crippen LogP contribution < -0.4 is 5.32 Å². The number of thioether (sulfide) groups is 1. The van der Waals surface area contributed by atoms with Gasteiger partial charge in [-0.1, -0.05) is 57.5 Å². The number of hydrogen-bond acceptors (Lipinski definition) is 4. The summed E-state index contributed by atoms with van der Waals surface area (Å²) < 4.78 is 14.0. The summed E-state index contributed by atoms with van der Waals surface area (Å²) in [6, 6.07) is 11.4. The number of benzene rings is 2. The van der Waals surface area contributed by atoms with Crippen LogP contribution in [-0.2, 0) is 4.79 Å². The first-order chi connectivity index (χ1) is 12.4. The third-order valence-corrected chi connectivity index (χ3v) is 5.40. The van der Waals surface area contributed by atoms with Gasteiger partial charge in [0.1, 0.15) is 5.82 Å². The molecule has 1 atom stereocenters. The molecule has 0 aliphatic rings. The number of amides is 1. The van der Waals surface area contributed by atoms with Gasteiger partial charge < -0.3 is 5.32 Å². The van der Waals surface area contributed by atoms with E-state index >= 15 is 0 Å². The normalized spacial score (nSPS) is 12.0. The van der Waals surface area contributed by atoms with Crippen LogP contribution in [0.4, 0.5) is 10.1 Å². The van der Waals surface area contributed by atoms with Crippen molar-refractivity contribution in [2.75, 3.05) is 5.32 Å². The zero-order valence-electron chi connectivity index (χ0n) is 13.5. The largest absolute Gasteiger partial charge is 0.324 e. The molecule has 1 aromatic heterocycles. The SMILES string of the molecule is C[C@H](Sc1n[nH]c(-c2ccccc2Br)n1)C(=O)Nc1ccc(F)cc1Cl. The van der Waals surface area contributed by atoms with Crippen molar-refractivity contribution in [2.45, 2.75) is 17.3 Å². The highest BCUT2D eigenvalue weighted by Gasteiger charge is 2.19. The van der Waals surface area contributed by atoms with E-state index in [4.69, 9.17) is 11.6 Å². The molecule has 0 saturated carbocycles. The van der Waals surface area contributed by atoms with E-state index in [0.717, 1.165) is 16.1 Å². The Kier molecular flexibility index (Phi) is 5.95. The van der Waals surface area contributed by atoms with Crippen LogP contribution in [0, 0.1) is 5.82 Å². The zero-order chi connectivity index (χ0) is 18.7. The molecule has 26 heavy (non-hydrogen) atoms. The number of hydrogen-bond donors (Lipinski definition) is 2. The van der Waals surface area contributed by atoms with Gasteiger partial charge in [-0.05, 0) is 31.2 Å². The summed E-state index contributed by atoms with van der Waals surface area (Å²) >= 11 is 10.6. The van der Waals surface area contributed by atoms with Crippen LogP contribution in [0.2, 0.25) is 5.02 Å². The molecule has 0 aliphatic heterocycles. The lowest BCUT2D eigenvalue weighted by Gasteiger charge is -2.11. The highest BCUT2D eigenvalue weighted by atomic mass is 79.9. The monoisotopic (exact) mass is 454 g/mol. The number of carbonyl (C=O) groups excluding carboxylic acids is 1. The molecule has 0 spiro atoms. The minimum Gasteiger partial charge on any atom is -0.324 e. The maximum Gasteiger partial charge on any atom is 0.237 e. The lowest BCUT2D eigenvalue weighted by atomic mass is 10.2. The molecular weight excluding hydrogens is 443 g/mol. The highest BCUT2D eigenvalue weighted by Crippen LogP contribution is 2.28. The smallest absolute Gasteiger partial charge is 0.237 e. The summed E-state index contributed by atoms with van der Waals surface area (Å²) in [5.41, 5.74) is 1.23. The molecule has 2 N–H and O–H groups in total. The molecule has 1 amide bonds. The fourth-order valence-electron chi connectivity index (χ4n) is 2.11. The maximum absolute atomic E-state index is 13.1. The standard InChI is InChI=1S/C17H13BrClFN4OS/c1-9(16(25)21-14-7-6-10(20)8-13(14)19)26-17-22-15(23-24-17)11-4-2-3-5-12(11)18/h2-9H,1H3,(H,21,25)(H,22,23,24)/t9-/m0/s1. The van der Waals surface area contributed by atoms with Crippen molar-refractivity contribution in [3.05, 3.63) is 57.8 Å². The summed E-state index contributed by atoms with van der Waals surface area (Å²) in [6.07, 6.45) is 0. The number of carbonyl (C=O) groups is 1. The van der Waals surface area contributed by atoms with Gasteiger partial charge in [0.25, 0.3) is 0 Å². The van der Waals surface area contributed by atoms with E-state index in [1.165, 1.54) is 23.9 Å². The number of aromatic amines is 1. The topological polar surface area (TPSA) is 70.7 Å². The van der Waals surface area contributed by atoms with Crippen molar-refractivity contribution in [3.63, 3.8) is 0 Å². The molecule has 1 heterocycles. The van der Waals surface area contributed by atoms with Crippen LogP contribution in [0.15, 0.2) is 52.1 Å². The van der Waals surface area contributed by atoms with Crippen LogP contribution in [0.3, 0.4) is 0 Å². The number of H-pyrrole nitrogens is 1. The average Bonchev–Trinajstić information content (AvgIpc) is 3.06. The molecular formula is C17H13BrClFN4OS. The average molecular weight is 456 g/mol. The number of anilines is 1. The van der Waals surface area contributed by atoms with Crippen molar-refractivity contribution >= 4 is 50.9 Å². The van der Waals surface area contributed by atoms with Gasteiger partial charge in [0.15, 0.2) is 5.82 Å². The van der Waals surface area contributed by atoms with E-state index < -0.39 is 11.1 Å². The second-order valence-corrected chi connectivity index (χ2v) is 7.89. The quantitative estimate of drug-likeness (QED) is 0.522. The molecule has 5 nitrogen and oxygen atoms in total. The lowest BCUT2D eigenvalue weighted by Crippen LogP contribution is -2.22. The predicted molar refractivity (Wildman–Crippen MR) is 105 cm³/mol. The Morgan fingerprint density at radius 1 is 1.35 bits per heavy atom. The number of halogens is 3. The Morgan fingerprint density at radius 2 is 2.12 bits per heavy atom. The molecule has 0 bridgehead atoms. The maximum atomic E-state index is 13.1. The molecule has 134 valence electrons. The van der Waals surface area contributed by atoms with Gasteiger partial charge in [-0.25, -0.2) is 9.37 Å². The second kappa shape index (κ2) is 8.20. The molecule has 0 radical (unpaired) electrons. The van der Waals surface area contributed by atoms with Gasteiger partial charge in [0.05, 0.1) is 16.0 Å². The minimum atomic E-state index is -0.473. The lowest BCUT2D eigenvalue weighted by molar-refractivity contribution is -0.115. The number of nitrogens with one attached hydrogen (secondary N) is 2. The Balaban J connectivity index is 1.67. The van der Waals surface area contributed by atoms with Gasteiger partial charge in [0, 0.05) is 10.0 Å². The summed E-state index contributed by atoms with van der Waals surface area (Å²) in [7, 11) is 0.